The van der Waals surface area contributed by atoms with Gasteiger partial charge in [-0.2, -0.15) is 0 Å². The summed E-state index contributed by atoms with van der Waals surface area (Å²) < 4.78 is 18.4. The number of carbonyl (C=O) groups is 4. The minimum absolute atomic E-state index is 0.0337. The molecule has 2 rings (SSSR count). The number of ether oxygens (including phenoxy) is 1. The molecule has 3 N–H and O–H groups in total. The van der Waals surface area contributed by atoms with Crippen LogP contribution in [0.15, 0.2) is 54.6 Å². The van der Waals surface area contributed by atoms with E-state index in [1.807, 2.05) is 0 Å². The van der Waals surface area contributed by atoms with Crippen LogP contribution in [-0.2, 0) is 14.3 Å². The number of amides is 4. The van der Waals surface area contributed by atoms with Crippen LogP contribution in [0.4, 0.5) is 9.18 Å². The van der Waals surface area contributed by atoms with Crippen molar-refractivity contribution in [2.24, 2.45) is 0 Å². The van der Waals surface area contributed by atoms with Gasteiger partial charge in [0, 0.05) is 17.7 Å². The van der Waals surface area contributed by atoms with Crippen LogP contribution in [0.25, 0.3) is 0 Å². The normalized spacial score (nSPS) is 11.1. The third kappa shape index (κ3) is 6.73. The van der Waals surface area contributed by atoms with Gasteiger partial charge in [-0.3, -0.25) is 19.7 Å². The third-order valence-electron chi connectivity index (χ3n) is 3.64. The molecule has 0 unspecified atom stereocenters. The monoisotopic (exact) mass is 401 g/mol. The summed E-state index contributed by atoms with van der Waals surface area (Å²) >= 11 is 0. The lowest BCUT2D eigenvalue weighted by atomic mass is 10.1. The van der Waals surface area contributed by atoms with Crippen molar-refractivity contribution in [1.82, 2.24) is 16.0 Å². The molecule has 0 spiro atoms. The third-order valence-corrected chi connectivity index (χ3v) is 3.64. The van der Waals surface area contributed by atoms with Gasteiger partial charge in [-0.1, -0.05) is 36.4 Å². The standard InChI is InChI=1S/C20H20FN3O5/c1-2-22-20(28)24-19(27)17(13-7-4-3-5-8-13)29-16(25)12-23-18(26)14-9-6-10-15(21)11-14/h3-11,17H,2,12H2,1H3,(H,23,26)(H2,22,24,27,28)/t17-/m1/s1. The molecule has 8 nitrogen and oxygen atoms in total. The van der Waals surface area contributed by atoms with E-state index in [1.54, 1.807) is 37.3 Å². The van der Waals surface area contributed by atoms with Crippen molar-refractivity contribution in [1.29, 1.82) is 0 Å². The summed E-state index contributed by atoms with van der Waals surface area (Å²) in [6.07, 6.45) is -1.39. The summed E-state index contributed by atoms with van der Waals surface area (Å²) in [6, 6.07) is 12.3. The second kappa shape index (κ2) is 10.5. The number of urea groups is 1. The first-order chi connectivity index (χ1) is 13.9. The van der Waals surface area contributed by atoms with E-state index < -0.39 is 42.3 Å². The zero-order chi connectivity index (χ0) is 21.2. The maximum atomic E-state index is 13.2. The largest absolute Gasteiger partial charge is 0.446 e. The Bertz CT molecular complexity index is 889. The second-order valence-electron chi connectivity index (χ2n) is 5.82. The summed E-state index contributed by atoms with van der Waals surface area (Å²) in [6.45, 7) is 1.44. The van der Waals surface area contributed by atoms with E-state index >= 15 is 0 Å². The van der Waals surface area contributed by atoms with Crippen LogP contribution in [0, 0.1) is 5.82 Å². The number of hydrogen-bond acceptors (Lipinski definition) is 5. The molecule has 152 valence electrons. The molecule has 0 fully saturated rings. The summed E-state index contributed by atoms with van der Waals surface area (Å²) in [5.41, 5.74) is 0.380. The highest BCUT2D eigenvalue weighted by Gasteiger charge is 2.26. The van der Waals surface area contributed by atoms with E-state index in [4.69, 9.17) is 4.74 Å². The van der Waals surface area contributed by atoms with Crippen molar-refractivity contribution < 1.29 is 28.3 Å². The lowest BCUT2D eigenvalue weighted by Gasteiger charge is -2.18. The SMILES string of the molecule is CCNC(=O)NC(=O)[C@H](OC(=O)CNC(=O)c1cccc(F)c1)c1ccccc1. The molecule has 0 aliphatic carbocycles. The fourth-order valence-corrected chi connectivity index (χ4v) is 2.34. The summed E-state index contributed by atoms with van der Waals surface area (Å²) in [5.74, 6) is -3.02. The minimum Gasteiger partial charge on any atom is -0.446 e. The topological polar surface area (TPSA) is 114 Å². The van der Waals surface area contributed by atoms with Gasteiger partial charge in [-0.15, -0.1) is 0 Å². The van der Waals surface area contributed by atoms with Crippen molar-refractivity contribution in [3.8, 4) is 0 Å². The van der Waals surface area contributed by atoms with E-state index in [2.05, 4.69) is 16.0 Å². The molecule has 2 aromatic carbocycles. The Kier molecular flexibility index (Phi) is 7.84. The van der Waals surface area contributed by atoms with Crippen LogP contribution in [0.1, 0.15) is 28.9 Å². The molecule has 0 radical (unpaired) electrons. The molecule has 2 aromatic rings. The van der Waals surface area contributed by atoms with Crippen molar-refractivity contribution in [2.75, 3.05) is 13.1 Å². The Balaban J connectivity index is 2.02. The van der Waals surface area contributed by atoms with Crippen LogP contribution in [0.5, 0.6) is 0 Å². The van der Waals surface area contributed by atoms with E-state index in [1.165, 1.54) is 18.2 Å². The number of rotatable bonds is 7. The summed E-state index contributed by atoms with van der Waals surface area (Å²) in [5, 5.41) is 6.78. The fraction of sp³-hybridized carbons (Fsp3) is 0.200. The Hall–Kier alpha value is -3.75. The zero-order valence-electron chi connectivity index (χ0n) is 15.6. The number of carbonyl (C=O) groups excluding carboxylic acids is 4. The number of hydrogen-bond donors (Lipinski definition) is 3. The van der Waals surface area contributed by atoms with Gasteiger partial charge in [0.2, 0.25) is 6.10 Å². The number of halogens is 1. The Morgan fingerprint density at radius 1 is 1.00 bits per heavy atom. The fourth-order valence-electron chi connectivity index (χ4n) is 2.34. The maximum absolute atomic E-state index is 13.2. The molecule has 0 saturated carbocycles. The van der Waals surface area contributed by atoms with Crippen LogP contribution in [0.3, 0.4) is 0 Å². The Morgan fingerprint density at radius 2 is 1.72 bits per heavy atom. The van der Waals surface area contributed by atoms with Gasteiger partial charge in [0.25, 0.3) is 11.8 Å². The Morgan fingerprint density at radius 3 is 2.38 bits per heavy atom. The number of nitrogens with one attached hydrogen (secondary N) is 3. The average molecular weight is 401 g/mol. The van der Waals surface area contributed by atoms with E-state index in [9.17, 15) is 23.6 Å². The molecule has 0 aliphatic rings. The molecule has 0 heterocycles. The van der Waals surface area contributed by atoms with Crippen LogP contribution < -0.4 is 16.0 Å². The van der Waals surface area contributed by atoms with Crippen LogP contribution in [-0.4, -0.2) is 36.9 Å². The van der Waals surface area contributed by atoms with Crippen molar-refractivity contribution in [3.63, 3.8) is 0 Å². The van der Waals surface area contributed by atoms with Crippen molar-refractivity contribution in [3.05, 3.63) is 71.5 Å². The molecular formula is C20H20FN3O5. The van der Waals surface area contributed by atoms with E-state index in [-0.39, 0.29) is 5.56 Å². The second-order valence-corrected chi connectivity index (χ2v) is 5.82. The predicted octanol–water partition coefficient (Wildman–Crippen LogP) is 1.69. The minimum atomic E-state index is -1.39. The molecule has 0 aromatic heterocycles. The van der Waals surface area contributed by atoms with Gasteiger partial charge in [-0.25, -0.2) is 9.18 Å². The van der Waals surface area contributed by atoms with Crippen molar-refractivity contribution >= 4 is 23.8 Å². The number of esters is 1. The first-order valence-electron chi connectivity index (χ1n) is 8.77. The van der Waals surface area contributed by atoms with Crippen molar-refractivity contribution in [2.45, 2.75) is 13.0 Å². The van der Waals surface area contributed by atoms with Gasteiger partial charge < -0.3 is 15.4 Å². The molecule has 4 amide bonds. The summed E-state index contributed by atoms with van der Waals surface area (Å²) in [7, 11) is 0. The highest BCUT2D eigenvalue weighted by Crippen LogP contribution is 2.17. The number of benzene rings is 2. The molecule has 29 heavy (non-hydrogen) atoms. The molecule has 0 aliphatic heterocycles. The predicted molar refractivity (Wildman–Crippen MR) is 101 cm³/mol. The van der Waals surface area contributed by atoms with E-state index in [0.717, 1.165) is 6.07 Å². The number of imide groups is 1. The lowest BCUT2D eigenvalue weighted by molar-refractivity contribution is -0.155. The maximum Gasteiger partial charge on any atom is 0.326 e. The average Bonchev–Trinajstić information content (AvgIpc) is 2.71. The zero-order valence-corrected chi connectivity index (χ0v) is 15.6. The van der Waals surface area contributed by atoms with Gasteiger partial charge in [-0.05, 0) is 25.1 Å². The van der Waals surface area contributed by atoms with Gasteiger partial charge in [0.05, 0.1) is 0 Å². The highest BCUT2D eigenvalue weighted by atomic mass is 19.1. The van der Waals surface area contributed by atoms with Crippen LogP contribution >= 0.6 is 0 Å². The Labute approximate surface area is 166 Å². The molecular weight excluding hydrogens is 381 g/mol. The lowest BCUT2D eigenvalue weighted by Crippen LogP contribution is -2.43. The van der Waals surface area contributed by atoms with Gasteiger partial charge in [0.1, 0.15) is 12.4 Å². The van der Waals surface area contributed by atoms with Crippen LogP contribution in [0.2, 0.25) is 0 Å². The molecule has 0 saturated heterocycles. The molecule has 0 bridgehead atoms. The van der Waals surface area contributed by atoms with E-state index in [0.29, 0.717) is 12.1 Å². The molecule has 1 atom stereocenters. The summed E-state index contributed by atoms with van der Waals surface area (Å²) in [4.78, 5) is 48.1. The highest BCUT2D eigenvalue weighted by molar-refractivity contribution is 5.98. The van der Waals surface area contributed by atoms with Gasteiger partial charge in [0.15, 0.2) is 0 Å². The first-order valence-corrected chi connectivity index (χ1v) is 8.77. The quantitative estimate of drug-likeness (QED) is 0.611. The molecule has 9 heteroatoms. The first kappa shape index (κ1) is 21.5. The van der Waals surface area contributed by atoms with Gasteiger partial charge >= 0.3 is 12.0 Å². The smallest absolute Gasteiger partial charge is 0.326 e.